The molecule has 2 amide bonds. The molecule has 0 spiro atoms. The molecule has 0 N–H and O–H groups in total. The molecule has 4 rings (SSSR count). The summed E-state index contributed by atoms with van der Waals surface area (Å²) in [7, 11) is -2.90. The Hall–Kier alpha value is -3.58. The quantitative estimate of drug-likeness (QED) is 0.407. The molecule has 0 aliphatic carbocycles. The minimum absolute atomic E-state index is 0.0227. The molecule has 3 aromatic rings. The maximum Gasteiger partial charge on any atom is 0.325 e. The van der Waals surface area contributed by atoms with Crippen LogP contribution in [0, 0.1) is 5.82 Å². The van der Waals surface area contributed by atoms with Crippen molar-refractivity contribution in [3.63, 3.8) is 0 Å². The van der Waals surface area contributed by atoms with Crippen molar-refractivity contribution in [2.75, 3.05) is 49.7 Å². The molecule has 1 saturated heterocycles. The number of methoxy groups -OCH3 is 1. The van der Waals surface area contributed by atoms with Crippen LogP contribution >= 0.6 is 11.3 Å². The Balaban J connectivity index is 1.43. The van der Waals surface area contributed by atoms with Crippen LogP contribution in [0.15, 0.2) is 53.5 Å². The van der Waals surface area contributed by atoms with Gasteiger partial charge >= 0.3 is 5.97 Å². The van der Waals surface area contributed by atoms with Crippen LogP contribution in [0.4, 0.5) is 10.1 Å². The molecule has 2 heterocycles. The van der Waals surface area contributed by atoms with Crippen LogP contribution in [0.1, 0.15) is 0 Å². The summed E-state index contributed by atoms with van der Waals surface area (Å²) in [6, 6.07) is 13.6. The van der Waals surface area contributed by atoms with Gasteiger partial charge in [-0.05, 0) is 30.3 Å². The second kappa shape index (κ2) is 11.2. The summed E-state index contributed by atoms with van der Waals surface area (Å²) in [6.07, 6.45) is 0. The van der Waals surface area contributed by atoms with Gasteiger partial charge in [0, 0.05) is 31.9 Å². The van der Waals surface area contributed by atoms with Crippen molar-refractivity contribution in [3.05, 3.63) is 59.1 Å². The zero-order chi connectivity index (χ0) is 26.6. The molecular formula is C24H25FN4O6S2. The van der Waals surface area contributed by atoms with Gasteiger partial charge in [-0.15, -0.1) is 0 Å². The number of sulfone groups is 1. The summed E-state index contributed by atoms with van der Waals surface area (Å²) >= 11 is 0.933. The third-order valence-corrected chi connectivity index (χ3v) is 8.24. The molecule has 1 fully saturated rings. The molecule has 0 saturated carbocycles. The van der Waals surface area contributed by atoms with Gasteiger partial charge < -0.3 is 19.1 Å². The highest BCUT2D eigenvalue weighted by atomic mass is 32.2. The highest BCUT2D eigenvalue weighted by molar-refractivity contribution is 7.92. The van der Waals surface area contributed by atoms with Crippen LogP contribution in [0.3, 0.4) is 0 Å². The number of ether oxygens (including phenoxy) is 1. The molecule has 1 aliphatic heterocycles. The van der Waals surface area contributed by atoms with E-state index in [1.807, 2.05) is 30.3 Å². The normalized spacial score (nSPS) is 14.7. The average Bonchev–Trinajstić information content (AvgIpc) is 3.19. The van der Waals surface area contributed by atoms with Crippen molar-refractivity contribution >= 4 is 54.9 Å². The predicted molar refractivity (Wildman–Crippen MR) is 136 cm³/mol. The highest BCUT2D eigenvalue weighted by Crippen LogP contribution is 2.19. The van der Waals surface area contributed by atoms with Crippen LogP contribution in [0.2, 0.25) is 0 Å². The van der Waals surface area contributed by atoms with Crippen LogP contribution in [0.5, 0.6) is 0 Å². The summed E-state index contributed by atoms with van der Waals surface area (Å²) in [6.45, 7) is 1.57. The van der Waals surface area contributed by atoms with E-state index in [0.717, 1.165) is 17.0 Å². The topological polar surface area (TPSA) is 118 Å². The smallest absolute Gasteiger partial charge is 0.325 e. The van der Waals surface area contributed by atoms with Gasteiger partial charge in [-0.1, -0.05) is 29.5 Å². The molecule has 13 heteroatoms. The van der Waals surface area contributed by atoms with Crippen molar-refractivity contribution in [2.24, 2.45) is 4.99 Å². The molecule has 0 bridgehead atoms. The third-order valence-electron chi connectivity index (χ3n) is 5.82. The first-order valence-corrected chi connectivity index (χ1v) is 14.0. The fourth-order valence-electron chi connectivity index (χ4n) is 3.99. The molecule has 0 atom stereocenters. The number of hydrogen-bond acceptors (Lipinski definition) is 8. The minimum Gasteiger partial charge on any atom is -0.468 e. The number of aromatic nitrogens is 1. The fraction of sp³-hybridized carbons (Fsp3) is 0.333. The number of nitrogens with zero attached hydrogens (tertiary/aromatic N) is 4. The monoisotopic (exact) mass is 548 g/mol. The van der Waals surface area contributed by atoms with Gasteiger partial charge in [0.25, 0.3) is 5.91 Å². The number of piperazine rings is 1. The van der Waals surface area contributed by atoms with Crippen LogP contribution < -0.4 is 9.70 Å². The van der Waals surface area contributed by atoms with E-state index in [1.165, 1.54) is 34.8 Å². The maximum atomic E-state index is 13.7. The summed E-state index contributed by atoms with van der Waals surface area (Å²) in [5.74, 6) is -4.47. The van der Waals surface area contributed by atoms with Gasteiger partial charge in [-0.3, -0.25) is 14.4 Å². The van der Waals surface area contributed by atoms with E-state index >= 15 is 0 Å². The van der Waals surface area contributed by atoms with Crippen LogP contribution in [-0.2, 0) is 35.5 Å². The Bertz CT molecular complexity index is 1490. The van der Waals surface area contributed by atoms with Crippen molar-refractivity contribution < 1.29 is 31.9 Å². The second-order valence-electron chi connectivity index (χ2n) is 8.40. The number of thiazole rings is 1. The van der Waals surface area contributed by atoms with Crippen LogP contribution in [-0.4, -0.2) is 80.5 Å². The zero-order valence-electron chi connectivity index (χ0n) is 20.0. The van der Waals surface area contributed by atoms with E-state index in [1.54, 1.807) is 0 Å². The lowest BCUT2D eigenvalue weighted by atomic mass is 10.2. The van der Waals surface area contributed by atoms with Gasteiger partial charge in [0.2, 0.25) is 5.91 Å². The fourth-order valence-corrected chi connectivity index (χ4v) is 6.16. The Labute approximate surface area is 216 Å². The lowest BCUT2D eigenvalue weighted by Gasteiger charge is -2.36. The number of benzene rings is 2. The first kappa shape index (κ1) is 26.5. The summed E-state index contributed by atoms with van der Waals surface area (Å²) in [4.78, 5) is 44.5. The Morgan fingerprint density at radius 3 is 2.41 bits per heavy atom. The molecule has 2 aromatic carbocycles. The second-order valence-corrected chi connectivity index (χ2v) is 11.5. The molecule has 0 radical (unpaired) electrons. The minimum atomic E-state index is -4.10. The molecule has 0 unspecified atom stereocenters. The number of carbonyl (C=O) groups is 3. The number of amides is 2. The summed E-state index contributed by atoms with van der Waals surface area (Å²) in [5.41, 5.74) is 1.47. The Kier molecular flexibility index (Phi) is 8.03. The Morgan fingerprint density at radius 2 is 1.73 bits per heavy atom. The van der Waals surface area contributed by atoms with Gasteiger partial charge in [0.05, 0.1) is 17.3 Å². The number of hydrogen-bond donors (Lipinski definition) is 0. The van der Waals surface area contributed by atoms with Gasteiger partial charge in [0.15, 0.2) is 14.6 Å². The van der Waals surface area contributed by atoms with Gasteiger partial charge in [-0.25, -0.2) is 12.8 Å². The first-order valence-electron chi connectivity index (χ1n) is 11.4. The summed E-state index contributed by atoms with van der Waals surface area (Å²) in [5, 5.41) is 0. The van der Waals surface area contributed by atoms with E-state index < -0.39 is 44.9 Å². The molecule has 10 nitrogen and oxygen atoms in total. The largest absolute Gasteiger partial charge is 0.468 e. The molecule has 196 valence electrons. The third kappa shape index (κ3) is 6.60. The number of fused-ring (bicyclic) bond motifs is 1. The van der Waals surface area contributed by atoms with Gasteiger partial charge in [-0.2, -0.15) is 4.99 Å². The highest BCUT2D eigenvalue weighted by Gasteiger charge is 2.27. The van der Waals surface area contributed by atoms with E-state index in [0.29, 0.717) is 36.4 Å². The lowest BCUT2D eigenvalue weighted by Crippen LogP contribution is -2.50. The number of esters is 1. The number of halogens is 1. The van der Waals surface area contributed by atoms with E-state index in [-0.39, 0.29) is 11.3 Å². The molecule has 1 aromatic heterocycles. The number of anilines is 1. The molecule has 1 aliphatic rings. The van der Waals surface area contributed by atoms with Crippen LogP contribution in [0.25, 0.3) is 10.2 Å². The average molecular weight is 549 g/mol. The zero-order valence-corrected chi connectivity index (χ0v) is 21.6. The lowest BCUT2D eigenvalue weighted by molar-refractivity contribution is -0.141. The number of para-hydroxylation sites is 1. The van der Waals surface area contributed by atoms with Crippen molar-refractivity contribution in [2.45, 2.75) is 6.54 Å². The molecule has 37 heavy (non-hydrogen) atoms. The SMILES string of the molecule is COC(=O)Cn1c(=NC(=O)CS(=O)(=O)CC(=O)N2CCN(c3ccccc3)CC2)sc2cc(F)ccc21. The number of carbonyl (C=O) groups excluding carboxylic acids is 3. The van der Waals surface area contributed by atoms with E-state index in [2.05, 4.69) is 14.6 Å². The van der Waals surface area contributed by atoms with E-state index in [4.69, 9.17) is 0 Å². The maximum absolute atomic E-state index is 13.7. The predicted octanol–water partition coefficient (Wildman–Crippen LogP) is 1.21. The Morgan fingerprint density at radius 1 is 1.03 bits per heavy atom. The first-order chi connectivity index (χ1) is 17.6. The standard InChI is InChI=1S/C24H25FN4O6S2/c1-35-23(32)14-29-19-8-7-17(25)13-20(19)36-24(29)26-21(30)15-37(33,34)16-22(31)28-11-9-27(10-12-28)18-5-3-2-4-6-18/h2-8,13H,9-12,14-16H2,1H3. The molecular weight excluding hydrogens is 523 g/mol. The van der Waals surface area contributed by atoms with Crippen molar-refractivity contribution in [1.82, 2.24) is 9.47 Å². The van der Waals surface area contributed by atoms with Crippen molar-refractivity contribution in [1.29, 1.82) is 0 Å². The van der Waals surface area contributed by atoms with Gasteiger partial charge in [0.1, 0.15) is 23.9 Å². The van der Waals surface area contributed by atoms with Crippen molar-refractivity contribution in [3.8, 4) is 0 Å². The summed E-state index contributed by atoms with van der Waals surface area (Å²) < 4.78 is 45.4. The van der Waals surface area contributed by atoms with E-state index in [9.17, 15) is 27.2 Å². The number of rotatable bonds is 7.